The molecular formula is C12H21N3O5S. The van der Waals surface area contributed by atoms with Gasteiger partial charge in [-0.25, -0.2) is 0 Å². The van der Waals surface area contributed by atoms with Gasteiger partial charge < -0.3 is 10.8 Å². The Balaban J connectivity index is 2.02. The molecule has 2 heterocycles. The van der Waals surface area contributed by atoms with Crippen molar-refractivity contribution in [3.8, 4) is 0 Å². The molecule has 0 saturated carbocycles. The van der Waals surface area contributed by atoms with Crippen LogP contribution in [0.1, 0.15) is 25.7 Å². The van der Waals surface area contributed by atoms with Gasteiger partial charge in [0.05, 0.1) is 5.92 Å². The smallest absolute Gasteiger partial charge is 0.307 e. The van der Waals surface area contributed by atoms with Gasteiger partial charge in [-0.3, -0.25) is 9.59 Å². The van der Waals surface area contributed by atoms with Crippen LogP contribution in [0.5, 0.6) is 0 Å². The van der Waals surface area contributed by atoms with Crippen LogP contribution in [0.2, 0.25) is 0 Å². The summed E-state index contributed by atoms with van der Waals surface area (Å²) in [6.07, 6.45) is 1.90. The van der Waals surface area contributed by atoms with E-state index in [0.29, 0.717) is 32.2 Å². The highest BCUT2D eigenvalue weighted by Crippen LogP contribution is 2.25. The lowest BCUT2D eigenvalue weighted by atomic mass is 9.98. The predicted octanol–water partition coefficient (Wildman–Crippen LogP) is -0.775. The van der Waals surface area contributed by atoms with Crippen molar-refractivity contribution in [3.63, 3.8) is 0 Å². The number of carboxylic acids is 1. The molecule has 0 aromatic rings. The molecule has 2 aliphatic rings. The van der Waals surface area contributed by atoms with E-state index in [1.807, 2.05) is 0 Å². The maximum atomic E-state index is 12.5. The Labute approximate surface area is 124 Å². The van der Waals surface area contributed by atoms with E-state index in [1.54, 1.807) is 0 Å². The molecule has 8 nitrogen and oxygen atoms in total. The minimum atomic E-state index is -3.65. The number of aliphatic carboxylic acids is 1. The number of primary amides is 1. The quantitative estimate of drug-likeness (QED) is 0.704. The van der Waals surface area contributed by atoms with Gasteiger partial charge in [0, 0.05) is 32.1 Å². The predicted molar refractivity (Wildman–Crippen MR) is 74.3 cm³/mol. The minimum Gasteiger partial charge on any atom is -0.481 e. The summed E-state index contributed by atoms with van der Waals surface area (Å²) in [5.41, 5.74) is 5.23. The zero-order chi connectivity index (χ0) is 15.6. The van der Waals surface area contributed by atoms with E-state index in [2.05, 4.69) is 0 Å². The number of carbonyl (C=O) groups is 2. The first kappa shape index (κ1) is 16.2. The standard InChI is InChI=1S/C12H21N3O5S/c13-11(16)9-3-6-14(7-4-9)21(19,20)15-5-1-2-10(8-15)12(17)18/h9-10H,1-8H2,(H2,13,16)(H,17,18). The van der Waals surface area contributed by atoms with E-state index in [9.17, 15) is 18.0 Å². The van der Waals surface area contributed by atoms with Crippen molar-refractivity contribution in [1.29, 1.82) is 0 Å². The summed E-state index contributed by atoms with van der Waals surface area (Å²) in [5, 5.41) is 9.04. The topological polar surface area (TPSA) is 121 Å². The molecular weight excluding hydrogens is 298 g/mol. The molecule has 0 radical (unpaired) electrons. The molecule has 1 amide bonds. The van der Waals surface area contributed by atoms with Crippen LogP contribution >= 0.6 is 0 Å². The fourth-order valence-corrected chi connectivity index (χ4v) is 4.61. The Bertz CT molecular complexity index is 513. The average molecular weight is 319 g/mol. The molecule has 120 valence electrons. The summed E-state index contributed by atoms with van der Waals surface area (Å²) in [6, 6.07) is 0. The van der Waals surface area contributed by atoms with Crippen LogP contribution in [0.15, 0.2) is 0 Å². The van der Waals surface area contributed by atoms with Crippen LogP contribution in [0, 0.1) is 11.8 Å². The monoisotopic (exact) mass is 319 g/mol. The second kappa shape index (κ2) is 6.29. The maximum Gasteiger partial charge on any atom is 0.307 e. The largest absolute Gasteiger partial charge is 0.481 e. The molecule has 0 bridgehead atoms. The van der Waals surface area contributed by atoms with Gasteiger partial charge in [-0.1, -0.05) is 0 Å². The van der Waals surface area contributed by atoms with Gasteiger partial charge in [0.2, 0.25) is 5.91 Å². The molecule has 3 N–H and O–H groups in total. The second-order valence-electron chi connectivity index (χ2n) is 5.62. The highest BCUT2D eigenvalue weighted by atomic mass is 32.2. The van der Waals surface area contributed by atoms with E-state index in [4.69, 9.17) is 10.8 Å². The summed E-state index contributed by atoms with van der Waals surface area (Å²) >= 11 is 0. The number of nitrogens with zero attached hydrogens (tertiary/aromatic N) is 2. The van der Waals surface area contributed by atoms with E-state index in [-0.39, 0.29) is 25.6 Å². The molecule has 2 aliphatic heterocycles. The van der Waals surface area contributed by atoms with Crippen LogP contribution in [0.3, 0.4) is 0 Å². The molecule has 0 aromatic heterocycles. The molecule has 2 rings (SSSR count). The Hall–Kier alpha value is -1.19. The molecule has 9 heteroatoms. The van der Waals surface area contributed by atoms with Crippen molar-refractivity contribution in [1.82, 2.24) is 8.61 Å². The van der Waals surface area contributed by atoms with Gasteiger partial charge in [0.15, 0.2) is 0 Å². The van der Waals surface area contributed by atoms with E-state index in [0.717, 1.165) is 0 Å². The number of piperidine rings is 2. The summed E-state index contributed by atoms with van der Waals surface area (Å²) in [4.78, 5) is 22.1. The fraction of sp³-hybridized carbons (Fsp3) is 0.833. The molecule has 0 aromatic carbocycles. The number of amides is 1. The fourth-order valence-electron chi connectivity index (χ4n) is 2.89. The van der Waals surface area contributed by atoms with E-state index in [1.165, 1.54) is 8.61 Å². The van der Waals surface area contributed by atoms with Crippen LogP contribution in [0.25, 0.3) is 0 Å². The Morgan fingerprint density at radius 1 is 1.00 bits per heavy atom. The SMILES string of the molecule is NC(=O)C1CCN(S(=O)(=O)N2CCCC(C(=O)O)C2)CC1. The van der Waals surface area contributed by atoms with Gasteiger partial charge in [0.1, 0.15) is 0 Å². The van der Waals surface area contributed by atoms with Crippen molar-refractivity contribution in [2.75, 3.05) is 26.2 Å². The molecule has 21 heavy (non-hydrogen) atoms. The zero-order valence-electron chi connectivity index (χ0n) is 11.8. The summed E-state index contributed by atoms with van der Waals surface area (Å²) in [6.45, 7) is 0.879. The van der Waals surface area contributed by atoms with Gasteiger partial charge >= 0.3 is 5.97 Å². The Morgan fingerprint density at radius 2 is 1.62 bits per heavy atom. The van der Waals surface area contributed by atoms with E-state index < -0.39 is 28.0 Å². The van der Waals surface area contributed by atoms with Gasteiger partial charge in [-0.15, -0.1) is 0 Å². The molecule has 0 aliphatic carbocycles. The average Bonchev–Trinajstić information content (AvgIpc) is 2.47. The maximum absolute atomic E-state index is 12.5. The lowest BCUT2D eigenvalue weighted by molar-refractivity contribution is -0.142. The zero-order valence-corrected chi connectivity index (χ0v) is 12.6. The van der Waals surface area contributed by atoms with Crippen molar-refractivity contribution in [2.45, 2.75) is 25.7 Å². The third kappa shape index (κ3) is 3.53. The first-order chi connectivity index (χ1) is 9.82. The first-order valence-electron chi connectivity index (χ1n) is 7.09. The van der Waals surface area contributed by atoms with Gasteiger partial charge in [0.25, 0.3) is 10.2 Å². The molecule has 2 fully saturated rings. The number of carbonyl (C=O) groups excluding carboxylic acids is 1. The number of rotatable bonds is 4. The molecule has 1 atom stereocenters. The van der Waals surface area contributed by atoms with Crippen molar-refractivity contribution < 1.29 is 23.1 Å². The first-order valence-corrected chi connectivity index (χ1v) is 8.49. The highest BCUT2D eigenvalue weighted by molar-refractivity contribution is 7.86. The molecule has 0 spiro atoms. The van der Waals surface area contributed by atoms with Crippen molar-refractivity contribution >= 4 is 22.1 Å². The molecule has 2 saturated heterocycles. The Kier molecular flexibility index (Phi) is 4.84. The minimum absolute atomic E-state index is 0.0212. The van der Waals surface area contributed by atoms with Crippen LogP contribution in [-0.4, -0.2) is 60.2 Å². The van der Waals surface area contributed by atoms with Crippen molar-refractivity contribution in [3.05, 3.63) is 0 Å². The summed E-state index contributed by atoms with van der Waals surface area (Å²) in [5.74, 6) is -2.26. The van der Waals surface area contributed by atoms with Gasteiger partial charge in [-0.2, -0.15) is 17.0 Å². The second-order valence-corrected chi connectivity index (χ2v) is 7.55. The third-order valence-electron chi connectivity index (χ3n) is 4.24. The van der Waals surface area contributed by atoms with Crippen LogP contribution < -0.4 is 5.73 Å². The van der Waals surface area contributed by atoms with Crippen LogP contribution in [-0.2, 0) is 19.8 Å². The summed E-state index contributed by atoms with van der Waals surface area (Å²) in [7, 11) is -3.65. The van der Waals surface area contributed by atoms with E-state index >= 15 is 0 Å². The number of hydrogen-bond donors (Lipinski definition) is 2. The lowest BCUT2D eigenvalue weighted by Gasteiger charge is -2.36. The number of carboxylic acid groups (broad SMARTS) is 1. The van der Waals surface area contributed by atoms with Crippen LogP contribution in [0.4, 0.5) is 0 Å². The number of nitrogens with two attached hydrogens (primary N) is 1. The Morgan fingerprint density at radius 3 is 2.14 bits per heavy atom. The molecule has 1 unspecified atom stereocenters. The highest BCUT2D eigenvalue weighted by Gasteiger charge is 2.37. The normalized spacial score (nSPS) is 26.6. The summed E-state index contributed by atoms with van der Waals surface area (Å²) < 4.78 is 27.6. The van der Waals surface area contributed by atoms with Gasteiger partial charge in [-0.05, 0) is 25.7 Å². The lowest BCUT2D eigenvalue weighted by Crippen LogP contribution is -2.51. The third-order valence-corrected chi connectivity index (χ3v) is 6.24. The number of hydrogen-bond acceptors (Lipinski definition) is 4. The van der Waals surface area contributed by atoms with Crippen molar-refractivity contribution in [2.24, 2.45) is 17.6 Å².